The summed E-state index contributed by atoms with van der Waals surface area (Å²) in [7, 11) is 0. The van der Waals surface area contributed by atoms with Crippen molar-refractivity contribution in [2.45, 2.75) is 51.2 Å². The Balaban J connectivity index is 1.44. The molecule has 28 heavy (non-hydrogen) atoms. The van der Waals surface area contributed by atoms with Gasteiger partial charge in [-0.1, -0.05) is 25.5 Å². The number of aliphatic hydroxyl groups excluding tert-OH is 1. The van der Waals surface area contributed by atoms with E-state index in [2.05, 4.69) is 10.6 Å². The molecule has 0 spiro atoms. The Morgan fingerprint density at radius 3 is 2.64 bits per heavy atom. The van der Waals surface area contributed by atoms with Gasteiger partial charge in [0.2, 0.25) is 0 Å². The lowest BCUT2D eigenvalue weighted by atomic mass is 9.85. The lowest BCUT2D eigenvalue weighted by molar-refractivity contribution is 0.0918. The second-order valence-electron chi connectivity index (χ2n) is 7.46. The van der Waals surface area contributed by atoms with E-state index in [0.717, 1.165) is 16.9 Å². The first-order valence-electron chi connectivity index (χ1n) is 10.0. The number of rotatable bonds is 8. The second-order valence-corrected chi connectivity index (χ2v) is 7.46. The van der Waals surface area contributed by atoms with E-state index >= 15 is 0 Å². The number of ketones is 1. The number of benzene rings is 2. The summed E-state index contributed by atoms with van der Waals surface area (Å²) in [5, 5.41) is 10.6. The van der Waals surface area contributed by atoms with Crippen LogP contribution in [-0.2, 0) is 6.54 Å². The Morgan fingerprint density at radius 2 is 1.96 bits per heavy atom. The summed E-state index contributed by atoms with van der Waals surface area (Å²) in [6.45, 7) is 2.50. The van der Waals surface area contributed by atoms with E-state index in [1.54, 1.807) is 24.3 Å². The molecule has 0 amide bonds. The third-order valence-corrected chi connectivity index (χ3v) is 5.49. The van der Waals surface area contributed by atoms with Gasteiger partial charge in [-0.2, -0.15) is 0 Å². The van der Waals surface area contributed by atoms with Gasteiger partial charge in [0.1, 0.15) is 24.3 Å². The lowest BCUT2D eigenvalue weighted by Crippen LogP contribution is -2.26. The van der Waals surface area contributed by atoms with Gasteiger partial charge in [0.05, 0.1) is 17.6 Å². The molecule has 4 rings (SSSR count). The summed E-state index contributed by atoms with van der Waals surface area (Å²) < 4.78 is 7.89. The predicted molar refractivity (Wildman–Crippen MR) is 109 cm³/mol. The van der Waals surface area contributed by atoms with Crippen LogP contribution in [0.25, 0.3) is 11.0 Å². The zero-order valence-electron chi connectivity index (χ0n) is 16.2. The number of fused-ring (bicyclic) bond motifs is 1. The second kappa shape index (κ2) is 8.15. The highest BCUT2D eigenvalue weighted by molar-refractivity contribution is 5.95. The quantitative estimate of drug-likeness (QED) is 0.592. The van der Waals surface area contributed by atoms with Gasteiger partial charge in [-0.25, -0.2) is 4.98 Å². The molecule has 0 saturated heterocycles. The standard InChI is InChI=1S/C23H26N2O3/c1-2-22(27)16-10-12-19(13-11-16)28-15-18(26)14-25-21-9-4-3-8-20(21)24-23(25)17-6-5-7-17/h3-4,8-13,17-18,26H,2,5-7,14-15H2,1H3. The largest absolute Gasteiger partial charge is 0.491 e. The average Bonchev–Trinajstić information content (AvgIpc) is 3.03. The summed E-state index contributed by atoms with van der Waals surface area (Å²) in [5.74, 6) is 2.33. The van der Waals surface area contributed by atoms with Gasteiger partial charge in [-0.15, -0.1) is 0 Å². The minimum absolute atomic E-state index is 0.113. The molecule has 0 bridgehead atoms. The maximum atomic E-state index is 11.7. The fraction of sp³-hybridized carbons (Fsp3) is 0.391. The van der Waals surface area contributed by atoms with Crippen molar-refractivity contribution in [3.8, 4) is 5.75 Å². The number of ether oxygens (including phenoxy) is 1. The van der Waals surface area contributed by atoms with E-state index in [4.69, 9.17) is 9.72 Å². The number of hydrogen-bond donors (Lipinski definition) is 1. The van der Waals surface area contributed by atoms with E-state index in [1.165, 1.54) is 19.3 Å². The fourth-order valence-corrected chi connectivity index (χ4v) is 3.66. The number of para-hydroxylation sites is 2. The molecule has 1 atom stereocenters. The topological polar surface area (TPSA) is 64.3 Å². The van der Waals surface area contributed by atoms with Gasteiger partial charge in [0, 0.05) is 17.9 Å². The maximum absolute atomic E-state index is 11.7. The molecular formula is C23H26N2O3. The van der Waals surface area contributed by atoms with E-state index in [-0.39, 0.29) is 12.4 Å². The van der Waals surface area contributed by atoms with Gasteiger partial charge in [0.25, 0.3) is 0 Å². The molecule has 0 aliphatic heterocycles. The normalized spacial score (nSPS) is 15.4. The first kappa shape index (κ1) is 18.7. The molecule has 1 aromatic heterocycles. The third-order valence-electron chi connectivity index (χ3n) is 5.49. The van der Waals surface area contributed by atoms with Crippen LogP contribution in [0.3, 0.4) is 0 Å². The number of nitrogens with zero attached hydrogens (tertiary/aromatic N) is 2. The highest BCUT2D eigenvalue weighted by Gasteiger charge is 2.26. The van der Waals surface area contributed by atoms with E-state index in [0.29, 0.717) is 30.2 Å². The Hall–Kier alpha value is -2.66. The van der Waals surface area contributed by atoms with Crippen molar-refractivity contribution in [1.29, 1.82) is 0 Å². The number of carbonyl (C=O) groups is 1. The zero-order chi connectivity index (χ0) is 19.5. The Bertz CT molecular complexity index is 958. The van der Waals surface area contributed by atoms with Gasteiger partial charge >= 0.3 is 0 Å². The first-order valence-corrected chi connectivity index (χ1v) is 10.0. The maximum Gasteiger partial charge on any atom is 0.162 e. The summed E-state index contributed by atoms with van der Waals surface area (Å²) in [6, 6.07) is 15.2. The number of aliphatic hydroxyl groups is 1. The molecule has 1 saturated carbocycles. The lowest BCUT2D eigenvalue weighted by Gasteiger charge is -2.26. The van der Waals surface area contributed by atoms with Crippen molar-refractivity contribution in [3.05, 3.63) is 59.9 Å². The zero-order valence-corrected chi connectivity index (χ0v) is 16.2. The van der Waals surface area contributed by atoms with Crippen molar-refractivity contribution in [3.63, 3.8) is 0 Å². The van der Waals surface area contributed by atoms with Crippen molar-refractivity contribution >= 4 is 16.8 Å². The van der Waals surface area contributed by atoms with Crippen LogP contribution in [0, 0.1) is 0 Å². The Morgan fingerprint density at radius 1 is 1.21 bits per heavy atom. The highest BCUT2D eigenvalue weighted by atomic mass is 16.5. The number of aromatic nitrogens is 2. The van der Waals surface area contributed by atoms with E-state index in [1.807, 2.05) is 25.1 Å². The highest BCUT2D eigenvalue weighted by Crippen LogP contribution is 2.37. The van der Waals surface area contributed by atoms with Crippen LogP contribution in [0.1, 0.15) is 54.7 Å². The number of imidazole rings is 1. The monoisotopic (exact) mass is 378 g/mol. The molecule has 1 N–H and O–H groups in total. The molecule has 1 fully saturated rings. The van der Waals surface area contributed by atoms with Gasteiger partial charge in [-0.05, 0) is 49.2 Å². The molecule has 0 radical (unpaired) electrons. The summed E-state index contributed by atoms with van der Waals surface area (Å²) in [6.07, 6.45) is 3.42. The van der Waals surface area contributed by atoms with Crippen LogP contribution in [0.5, 0.6) is 5.75 Å². The number of carbonyl (C=O) groups excluding carboxylic acids is 1. The van der Waals surface area contributed by atoms with Crippen molar-refractivity contribution in [1.82, 2.24) is 9.55 Å². The van der Waals surface area contributed by atoms with Crippen molar-refractivity contribution in [2.75, 3.05) is 6.61 Å². The average molecular weight is 378 g/mol. The fourth-order valence-electron chi connectivity index (χ4n) is 3.66. The molecule has 5 heteroatoms. The number of hydrogen-bond acceptors (Lipinski definition) is 4. The van der Waals surface area contributed by atoms with Crippen LogP contribution in [0.4, 0.5) is 0 Å². The SMILES string of the molecule is CCC(=O)c1ccc(OCC(O)Cn2c(C3CCC3)nc3ccccc32)cc1. The van der Waals surface area contributed by atoms with Crippen molar-refractivity contribution < 1.29 is 14.6 Å². The predicted octanol–water partition coefficient (Wildman–Crippen LogP) is 4.34. The Kier molecular flexibility index (Phi) is 5.44. The van der Waals surface area contributed by atoms with Crippen LogP contribution in [0.15, 0.2) is 48.5 Å². The molecule has 3 aromatic rings. The van der Waals surface area contributed by atoms with E-state index < -0.39 is 6.10 Å². The van der Waals surface area contributed by atoms with Crippen LogP contribution >= 0.6 is 0 Å². The molecular weight excluding hydrogens is 352 g/mol. The molecule has 2 aromatic carbocycles. The summed E-state index contributed by atoms with van der Waals surface area (Å²) >= 11 is 0. The van der Waals surface area contributed by atoms with Crippen LogP contribution in [0.2, 0.25) is 0 Å². The molecule has 1 aliphatic carbocycles. The molecule has 1 heterocycles. The summed E-state index contributed by atoms with van der Waals surface area (Å²) in [5.41, 5.74) is 2.73. The van der Waals surface area contributed by atoms with Crippen LogP contribution in [-0.4, -0.2) is 33.2 Å². The van der Waals surface area contributed by atoms with Gasteiger partial charge in [0.15, 0.2) is 5.78 Å². The Labute approximate surface area is 165 Å². The third kappa shape index (κ3) is 3.80. The van der Waals surface area contributed by atoms with E-state index in [9.17, 15) is 9.90 Å². The van der Waals surface area contributed by atoms with Crippen LogP contribution < -0.4 is 4.74 Å². The van der Waals surface area contributed by atoms with Gasteiger partial charge < -0.3 is 14.4 Å². The summed E-state index contributed by atoms with van der Waals surface area (Å²) in [4.78, 5) is 16.5. The number of Topliss-reactive ketones (excluding diaryl/α,β-unsaturated/α-hetero) is 1. The molecule has 146 valence electrons. The molecule has 1 unspecified atom stereocenters. The smallest absolute Gasteiger partial charge is 0.162 e. The first-order chi connectivity index (χ1) is 13.7. The van der Waals surface area contributed by atoms with Gasteiger partial charge in [-0.3, -0.25) is 4.79 Å². The minimum Gasteiger partial charge on any atom is -0.491 e. The van der Waals surface area contributed by atoms with Crippen molar-refractivity contribution in [2.24, 2.45) is 0 Å². The minimum atomic E-state index is -0.645. The molecule has 1 aliphatic rings. The molecule has 5 nitrogen and oxygen atoms in total.